The van der Waals surface area contributed by atoms with Crippen LogP contribution >= 0.6 is 0 Å². The zero-order chi connectivity index (χ0) is 12.1. The molecule has 17 heavy (non-hydrogen) atoms. The van der Waals surface area contributed by atoms with E-state index < -0.39 is 0 Å². The van der Waals surface area contributed by atoms with Crippen molar-refractivity contribution in [1.82, 2.24) is 15.5 Å². The summed E-state index contributed by atoms with van der Waals surface area (Å²) in [5.74, 6) is -0.229. The van der Waals surface area contributed by atoms with Crippen molar-refractivity contribution in [2.75, 3.05) is 6.54 Å². The molecule has 3 nitrogen and oxygen atoms in total. The van der Waals surface area contributed by atoms with Crippen molar-refractivity contribution in [3.8, 4) is 0 Å². The minimum absolute atomic E-state index is 0.0498. The van der Waals surface area contributed by atoms with Crippen molar-refractivity contribution in [1.29, 1.82) is 0 Å². The lowest BCUT2D eigenvalue weighted by Crippen LogP contribution is -2.22. The van der Waals surface area contributed by atoms with Crippen LogP contribution in [0.2, 0.25) is 0 Å². The third-order valence-corrected chi connectivity index (χ3v) is 2.53. The van der Waals surface area contributed by atoms with Crippen molar-refractivity contribution in [2.45, 2.75) is 13.0 Å². The Morgan fingerprint density at radius 3 is 2.76 bits per heavy atom. The maximum absolute atomic E-state index is 13.2. The van der Waals surface area contributed by atoms with Crippen molar-refractivity contribution < 1.29 is 4.39 Å². The Hall–Kier alpha value is -1.81. The molecule has 0 aliphatic rings. The average molecular weight is 231 g/mol. The minimum atomic E-state index is -0.229. The van der Waals surface area contributed by atoms with Crippen molar-refractivity contribution in [2.24, 2.45) is 0 Å². The fraction of sp³-hybridized carbons (Fsp3) is 0.231. The van der Waals surface area contributed by atoms with Crippen LogP contribution < -0.4 is 5.32 Å². The molecule has 1 aromatic heterocycles. The van der Waals surface area contributed by atoms with Gasteiger partial charge in [0.2, 0.25) is 0 Å². The lowest BCUT2D eigenvalue weighted by Gasteiger charge is -2.18. The van der Waals surface area contributed by atoms with Crippen LogP contribution in [0.1, 0.15) is 24.1 Å². The Labute approximate surface area is 99.7 Å². The Morgan fingerprint density at radius 1 is 1.24 bits per heavy atom. The number of aromatic nitrogens is 2. The highest BCUT2D eigenvalue weighted by Crippen LogP contribution is 2.21. The van der Waals surface area contributed by atoms with Gasteiger partial charge in [-0.25, -0.2) is 4.39 Å². The Bertz CT molecular complexity index is 473. The first-order chi connectivity index (χ1) is 8.31. The van der Waals surface area contributed by atoms with Gasteiger partial charge in [0, 0.05) is 6.20 Å². The molecule has 88 valence electrons. The van der Waals surface area contributed by atoms with Gasteiger partial charge in [0.25, 0.3) is 0 Å². The summed E-state index contributed by atoms with van der Waals surface area (Å²) in [6.07, 6.45) is 3.33. The number of nitrogens with one attached hydrogen (secondary N) is 1. The normalized spacial score (nSPS) is 12.4. The molecular weight excluding hydrogens is 217 g/mol. The molecule has 1 N–H and O–H groups in total. The second kappa shape index (κ2) is 5.50. The molecule has 4 heteroatoms. The summed E-state index contributed by atoms with van der Waals surface area (Å²) in [5, 5.41) is 10.9. The van der Waals surface area contributed by atoms with Crippen LogP contribution in [0.25, 0.3) is 0 Å². The Balaban J connectivity index is 2.35. The third-order valence-electron chi connectivity index (χ3n) is 2.53. The van der Waals surface area contributed by atoms with Crippen LogP contribution in [0.4, 0.5) is 4.39 Å². The Kier molecular flexibility index (Phi) is 3.77. The van der Waals surface area contributed by atoms with E-state index in [0.29, 0.717) is 0 Å². The van der Waals surface area contributed by atoms with Crippen molar-refractivity contribution in [3.05, 3.63) is 59.7 Å². The van der Waals surface area contributed by atoms with E-state index in [1.807, 2.05) is 19.1 Å². The van der Waals surface area contributed by atoms with Crippen LogP contribution in [0.3, 0.4) is 0 Å². The van der Waals surface area contributed by atoms with Gasteiger partial charge in [0.15, 0.2) is 0 Å². The second-order valence-corrected chi connectivity index (χ2v) is 3.72. The van der Waals surface area contributed by atoms with Gasteiger partial charge in [-0.3, -0.25) is 0 Å². The molecule has 1 heterocycles. The minimum Gasteiger partial charge on any atom is -0.306 e. The van der Waals surface area contributed by atoms with Gasteiger partial charge in [-0.1, -0.05) is 19.1 Å². The predicted molar refractivity (Wildman–Crippen MR) is 64.0 cm³/mol. The lowest BCUT2D eigenvalue weighted by atomic mass is 10.0. The summed E-state index contributed by atoms with van der Waals surface area (Å²) in [7, 11) is 0. The molecule has 0 aliphatic carbocycles. The topological polar surface area (TPSA) is 37.8 Å². The molecule has 0 saturated heterocycles. The third kappa shape index (κ3) is 2.85. The first-order valence-corrected chi connectivity index (χ1v) is 5.56. The molecule has 2 rings (SSSR count). The van der Waals surface area contributed by atoms with E-state index in [1.54, 1.807) is 18.5 Å². The quantitative estimate of drug-likeness (QED) is 0.877. The van der Waals surface area contributed by atoms with Crippen molar-refractivity contribution >= 4 is 0 Å². The van der Waals surface area contributed by atoms with E-state index >= 15 is 0 Å². The van der Waals surface area contributed by atoms with E-state index in [0.717, 1.165) is 17.7 Å². The molecule has 1 aromatic carbocycles. The van der Waals surface area contributed by atoms with E-state index in [9.17, 15) is 4.39 Å². The van der Waals surface area contributed by atoms with Gasteiger partial charge in [-0.2, -0.15) is 10.2 Å². The highest BCUT2D eigenvalue weighted by atomic mass is 19.1. The monoisotopic (exact) mass is 231 g/mol. The number of hydrogen-bond donors (Lipinski definition) is 1. The molecule has 0 radical (unpaired) electrons. The predicted octanol–water partition coefficient (Wildman–Crippen LogP) is 2.31. The lowest BCUT2D eigenvalue weighted by molar-refractivity contribution is 0.601. The average Bonchev–Trinajstić information content (AvgIpc) is 2.37. The SMILES string of the molecule is CCNC(c1ccnnc1)c1cccc(F)c1. The van der Waals surface area contributed by atoms with Gasteiger partial charge >= 0.3 is 0 Å². The fourth-order valence-corrected chi connectivity index (χ4v) is 1.79. The number of nitrogens with zero attached hydrogens (tertiary/aromatic N) is 2. The number of rotatable bonds is 4. The van der Waals surface area contributed by atoms with Gasteiger partial charge in [-0.05, 0) is 35.9 Å². The standard InChI is InChI=1S/C13H14FN3/c1-2-15-13(11-6-7-16-17-9-11)10-4-3-5-12(14)8-10/h3-9,13,15H,2H2,1H3. The largest absolute Gasteiger partial charge is 0.306 e. The number of benzene rings is 1. The molecule has 0 amide bonds. The van der Waals surface area contributed by atoms with Crippen LogP contribution in [0.15, 0.2) is 42.7 Å². The molecular formula is C13H14FN3. The van der Waals surface area contributed by atoms with Gasteiger partial charge < -0.3 is 5.32 Å². The Morgan fingerprint density at radius 2 is 2.12 bits per heavy atom. The molecule has 0 aliphatic heterocycles. The van der Waals surface area contributed by atoms with E-state index in [2.05, 4.69) is 15.5 Å². The van der Waals surface area contributed by atoms with Gasteiger partial charge in [-0.15, -0.1) is 0 Å². The van der Waals surface area contributed by atoms with Crippen LogP contribution in [0, 0.1) is 5.82 Å². The smallest absolute Gasteiger partial charge is 0.123 e. The van der Waals surface area contributed by atoms with E-state index in [4.69, 9.17) is 0 Å². The first-order valence-electron chi connectivity index (χ1n) is 5.56. The van der Waals surface area contributed by atoms with E-state index in [-0.39, 0.29) is 11.9 Å². The molecule has 0 saturated carbocycles. The van der Waals surface area contributed by atoms with Crippen molar-refractivity contribution in [3.63, 3.8) is 0 Å². The number of halogens is 1. The fourth-order valence-electron chi connectivity index (χ4n) is 1.79. The highest BCUT2D eigenvalue weighted by molar-refractivity contribution is 5.29. The van der Waals surface area contributed by atoms with Gasteiger partial charge in [0.1, 0.15) is 5.82 Å². The van der Waals surface area contributed by atoms with Crippen LogP contribution in [-0.2, 0) is 0 Å². The summed E-state index contributed by atoms with van der Waals surface area (Å²) >= 11 is 0. The highest BCUT2D eigenvalue weighted by Gasteiger charge is 2.13. The molecule has 1 unspecified atom stereocenters. The summed E-state index contributed by atoms with van der Waals surface area (Å²) in [6, 6.07) is 8.42. The molecule has 0 fully saturated rings. The summed E-state index contributed by atoms with van der Waals surface area (Å²) < 4.78 is 13.2. The molecule has 1 atom stereocenters. The molecule has 0 spiro atoms. The van der Waals surface area contributed by atoms with Crippen LogP contribution in [0.5, 0.6) is 0 Å². The van der Waals surface area contributed by atoms with Gasteiger partial charge in [0.05, 0.1) is 12.2 Å². The maximum atomic E-state index is 13.2. The number of hydrogen-bond acceptors (Lipinski definition) is 3. The second-order valence-electron chi connectivity index (χ2n) is 3.72. The molecule has 0 bridgehead atoms. The zero-order valence-corrected chi connectivity index (χ0v) is 9.60. The zero-order valence-electron chi connectivity index (χ0n) is 9.60. The van der Waals surface area contributed by atoms with E-state index in [1.165, 1.54) is 12.1 Å². The summed E-state index contributed by atoms with van der Waals surface area (Å²) in [6.45, 7) is 2.81. The molecule has 2 aromatic rings. The summed E-state index contributed by atoms with van der Waals surface area (Å²) in [5.41, 5.74) is 1.87. The maximum Gasteiger partial charge on any atom is 0.123 e. The van der Waals surface area contributed by atoms with Crippen LogP contribution in [-0.4, -0.2) is 16.7 Å². The summed E-state index contributed by atoms with van der Waals surface area (Å²) in [4.78, 5) is 0. The first kappa shape index (κ1) is 11.7.